The van der Waals surface area contributed by atoms with E-state index in [2.05, 4.69) is 0 Å². The summed E-state index contributed by atoms with van der Waals surface area (Å²) in [5.74, 6) is -45.6. The summed E-state index contributed by atoms with van der Waals surface area (Å²) in [6.07, 6.45) is -7.97. The Hall–Kier alpha value is -10.3. The molecule has 0 bridgehead atoms. The lowest BCUT2D eigenvalue weighted by Crippen LogP contribution is -2.94. The molecule has 6 aromatic carbocycles. The van der Waals surface area contributed by atoms with Gasteiger partial charge in [-0.1, -0.05) is 0 Å². The lowest BCUT2D eigenvalue weighted by molar-refractivity contribution is -0.587. The third kappa shape index (κ3) is 7.90. The van der Waals surface area contributed by atoms with Gasteiger partial charge in [-0.15, -0.1) is 0 Å². The topological polar surface area (TPSA) is 560 Å². The molecular weight excluding hydrogens is 1040 g/mol. The van der Waals surface area contributed by atoms with E-state index in [1.165, 1.54) is 0 Å². The van der Waals surface area contributed by atoms with Crippen molar-refractivity contribution in [1.82, 2.24) is 0 Å². The number of aliphatic hydroxyl groups is 4. The van der Waals surface area contributed by atoms with E-state index >= 15 is 19.5 Å². The number of aromatic hydroxyl groups is 17. The van der Waals surface area contributed by atoms with Crippen LogP contribution in [0.15, 0.2) is 72.8 Å². The fourth-order valence-electron chi connectivity index (χ4n) is 8.43. The number of ketones is 6. The van der Waals surface area contributed by atoms with Crippen molar-refractivity contribution in [3.05, 3.63) is 112 Å². The smallest absolute Gasteiger partial charge is 0.205 e. The van der Waals surface area contributed by atoms with E-state index in [0.29, 0.717) is 12.1 Å². The second-order valence-corrected chi connectivity index (χ2v) is 17.0. The number of benzene rings is 6. The highest BCUT2D eigenvalue weighted by Crippen LogP contribution is 2.56. The van der Waals surface area contributed by atoms with Gasteiger partial charge in [0.2, 0.25) is 17.2 Å². The van der Waals surface area contributed by atoms with Crippen molar-refractivity contribution in [2.24, 2.45) is 0 Å². The van der Waals surface area contributed by atoms with Crippen LogP contribution in [-0.2, 0) is 4.74 Å². The number of Topliss-reactive ketones (excluding diaryl/α,β-unsaturated/α-hetero) is 5. The molecule has 7 rings (SSSR count). The minimum Gasteiger partial charge on any atom is -0.820 e. The zero-order valence-corrected chi connectivity index (χ0v) is 37.7. The van der Waals surface area contributed by atoms with Crippen LogP contribution in [0.25, 0.3) is 0 Å². The molecule has 0 aromatic heterocycles. The Labute approximate surface area is 424 Å². The molecule has 0 radical (unpaired) electrons. The molecule has 0 spiro atoms. The number of hydrogen-bond donors (Lipinski definition) is 21. The molecule has 1 fully saturated rings. The normalized spacial score (nSPS) is 21.4. The van der Waals surface area contributed by atoms with Crippen molar-refractivity contribution >= 4 is 34.7 Å². The van der Waals surface area contributed by atoms with Gasteiger partial charge in [-0.05, 0) is 72.8 Å². The monoisotopic (exact) mass is 1080 g/mol. The Morgan fingerprint density at radius 2 is 0.649 bits per heavy atom. The lowest BCUT2D eigenvalue weighted by Gasteiger charge is -2.65. The maximum absolute atomic E-state index is 16.1. The number of carbonyl (C=O) groups is 6. The zero-order chi connectivity index (χ0) is 57.7. The first-order valence-corrected chi connectivity index (χ1v) is 20.9. The SMILES string of the molecule is O=C(c1cc(O)c(O)c(O)c1)c1cc(C(=O)C(O)[C@H]2O[C@]([O-])(C(=O)c3cc(O)c(O)c(O)c3)[C@](O)(C(=O)c3cc(O)c(O)c(O)c3)[C@](O)(C(=O)c3cc(O)c(O)c(O)c3)[C@@]2(O)C(=O)c2cc(O)c(O)c(O)c2)cc(O)c1O. The van der Waals surface area contributed by atoms with Crippen LogP contribution >= 0.6 is 0 Å². The number of ether oxygens (including phenoxy) is 1. The zero-order valence-electron chi connectivity index (χ0n) is 37.7. The maximum Gasteiger partial charge on any atom is 0.205 e. The van der Waals surface area contributed by atoms with E-state index in [4.69, 9.17) is 4.74 Å². The summed E-state index contributed by atoms with van der Waals surface area (Å²) in [6.45, 7) is 0. The number of hydrogen-bond acceptors (Lipinski definition) is 29. The summed E-state index contributed by atoms with van der Waals surface area (Å²) in [6, 6.07) is 1.51. The van der Waals surface area contributed by atoms with Crippen LogP contribution in [0.2, 0.25) is 0 Å². The highest BCUT2D eigenvalue weighted by atomic mass is 16.7. The number of rotatable bonds is 13. The van der Waals surface area contributed by atoms with Crippen molar-refractivity contribution in [1.29, 1.82) is 0 Å². The van der Waals surface area contributed by atoms with Crippen molar-refractivity contribution in [3.8, 4) is 97.7 Å². The van der Waals surface area contributed by atoms with E-state index < -0.39 is 206 Å². The van der Waals surface area contributed by atoms with Gasteiger partial charge in [0.25, 0.3) is 0 Å². The molecule has 0 amide bonds. The van der Waals surface area contributed by atoms with Crippen LogP contribution in [0.3, 0.4) is 0 Å². The fraction of sp³-hybridized carbons (Fsp3) is 0.125. The molecule has 0 saturated carbocycles. The number of phenolic OH excluding ortho intramolecular Hbond substituents is 17. The van der Waals surface area contributed by atoms with Crippen LogP contribution in [-0.4, -0.2) is 177 Å². The van der Waals surface area contributed by atoms with Gasteiger partial charge in [0.1, 0.15) is 18.0 Å². The highest BCUT2D eigenvalue weighted by molar-refractivity contribution is 6.22. The number of carbonyl (C=O) groups excluding carboxylic acids is 6. The molecular formula is C48H35O29-. The number of phenols is 17. The van der Waals surface area contributed by atoms with Crippen LogP contribution in [0.5, 0.6) is 97.7 Å². The standard InChI is InChI=1S/C48H35O29/c49-20-2-13(1-19(33(20)62)31(60)14-3-21(50)34(63)22(51)4-14)32(61)39(68)44-45(73,40(69)15-5-23(52)35(64)24(53)6-15)46(74,41(70)16-7-25(54)36(65)26(55)8-16)47(75,42(71)17-9-27(56)37(66)28(57)10-17)48(76,77-44)43(72)18-11-29(58)38(67)30(59)12-18/h1-12,39,44,49-59,62-68,73-75H/q-1/t39?,44-,45-,46+,47+,48-/m1/s1. The van der Waals surface area contributed by atoms with Crippen molar-refractivity contribution < 1.29 is 146 Å². The van der Waals surface area contributed by atoms with E-state index in [0.717, 1.165) is 0 Å². The fourth-order valence-corrected chi connectivity index (χ4v) is 8.43. The molecule has 21 N–H and O–H groups in total. The Kier molecular flexibility index (Phi) is 12.9. The molecule has 77 heavy (non-hydrogen) atoms. The van der Waals surface area contributed by atoms with Crippen LogP contribution in [0.1, 0.15) is 67.7 Å². The predicted molar refractivity (Wildman–Crippen MR) is 240 cm³/mol. The molecule has 1 aliphatic rings. The minimum absolute atomic E-state index is 0.0000132. The quantitative estimate of drug-likeness (QED) is 0.0469. The van der Waals surface area contributed by atoms with Gasteiger partial charge in [0.15, 0.2) is 132 Å². The summed E-state index contributed by atoms with van der Waals surface area (Å²) in [5.41, 5.74) is -26.5. The summed E-state index contributed by atoms with van der Waals surface area (Å²) in [4.78, 5) is 89.3. The predicted octanol–water partition coefficient (Wildman–Crippen LogP) is -1.36. The molecule has 1 unspecified atom stereocenters. The first kappa shape index (κ1) is 54.5. The third-order valence-electron chi connectivity index (χ3n) is 12.4. The average Bonchev–Trinajstić information content (AvgIpc) is 3.38. The van der Waals surface area contributed by atoms with Crippen molar-refractivity contribution in [2.45, 2.75) is 34.8 Å². The van der Waals surface area contributed by atoms with Crippen LogP contribution in [0.4, 0.5) is 0 Å². The van der Waals surface area contributed by atoms with E-state index in [1.807, 2.05) is 0 Å². The first-order chi connectivity index (χ1) is 35.6. The maximum atomic E-state index is 16.1. The lowest BCUT2D eigenvalue weighted by atomic mass is 9.54. The van der Waals surface area contributed by atoms with Gasteiger partial charge < -0.3 is 117 Å². The molecule has 1 aliphatic heterocycles. The van der Waals surface area contributed by atoms with Gasteiger partial charge in [-0.3, -0.25) is 28.8 Å². The summed E-state index contributed by atoms with van der Waals surface area (Å²) >= 11 is 0. The molecule has 29 heteroatoms. The third-order valence-corrected chi connectivity index (χ3v) is 12.4. The van der Waals surface area contributed by atoms with Gasteiger partial charge >= 0.3 is 0 Å². The highest BCUT2D eigenvalue weighted by Gasteiger charge is 2.84. The molecule has 1 heterocycles. The molecule has 6 aromatic rings. The first-order valence-electron chi connectivity index (χ1n) is 20.9. The van der Waals surface area contributed by atoms with Crippen molar-refractivity contribution in [2.75, 3.05) is 0 Å². The molecule has 6 atom stereocenters. The largest absolute Gasteiger partial charge is 0.820 e. The summed E-state index contributed by atoms with van der Waals surface area (Å²) in [7, 11) is 0. The van der Waals surface area contributed by atoms with E-state index in [-0.39, 0.29) is 60.7 Å². The van der Waals surface area contributed by atoms with Crippen LogP contribution < -0.4 is 5.11 Å². The minimum atomic E-state index is -5.63. The molecule has 402 valence electrons. The second kappa shape index (κ2) is 18.3. The summed E-state index contributed by atoms with van der Waals surface area (Å²) in [5, 5.41) is 244. The van der Waals surface area contributed by atoms with Gasteiger partial charge in [-0.25, -0.2) is 0 Å². The van der Waals surface area contributed by atoms with Gasteiger partial charge in [-0.2, -0.15) is 0 Å². The van der Waals surface area contributed by atoms with Crippen molar-refractivity contribution in [3.63, 3.8) is 0 Å². The van der Waals surface area contributed by atoms with Crippen LogP contribution in [0, 0.1) is 0 Å². The Balaban J connectivity index is 1.64. The Bertz CT molecular complexity index is 3490. The van der Waals surface area contributed by atoms with Gasteiger partial charge in [0.05, 0.1) is 5.56 Å². The Morgan fingerprint density at radius 1 is 0.377 bits per heavy atom. The van der Waals surface area contributed by atoms with Gasteiger partial charge in [0, 0.05) is 33.4 Å². The molecule has 1 saturated heterocycles. The van der Waals surface area contributed by atoms with E-state index in [1.54, 1.807) is 0 Å². The number of aliphatic hydroxyl groups excluding tert-OH is 1. The Morgan fingerprint density at radius 3 is 1.00 bits per heavy atom. The average molecular weight is 1080 g/mol. The second-order valence-electron chi connectivity index (χ2n) is 17.0. The van der Waals surface area contributed by atoms with E-state index in [9.17, 15) is 122 Å². The molecule has 29 nitrogen and oxygen atoms in total. The summed E-state index contributed by atoms with van der Waals surface area (Å²) < 4.78 is 5.27. The molecule has 0 aliphatic carbocycles.